The number of benzene rings is 1. The molecule has 2 fully saturated rings. The minimum Gasteiger partial charge on any atom is -0.493 e. The van der Waals surface area contributed by atoms with E-state index in [-0.39, 0.29) is 11.3 Å². The number of amides is 1. The van der Waals surface area contributed by atoms with Crippen LogP contribution in [0.15, 0.2) is 45.8 Å². The van der Waals surface area contributed by atoms with Crippen molar-refractivity contribution in [1.82, 2.24) is 14.8 Å². The van der Waals surface area contributed by atoms with Crippen LogP contribution in [-0.4, -0.2) is 60.2 Å². The highest BCUT2D eigenvalue weighted by Crippen LogP contribution is 2.41. The van der Waals surface area contributed by atoms with Gasteiger partial charge in [0.1, 0.15) is 11.1 Å². The van der Waals surface area contributed by atoms with E-state index in [0.29, 0.717) is 22.7 Å². The van der Waals surface area contributed by atoms with E-state index >= 15 is 0 Å². The molecule has 2 aliphatic rings. The minimum absolute atomic E-state index is 0.0469. The lowest BCUT2D eigenvalue weighted by Gasteiger charge is -2.39. The van der Waals surface area contributed by atoms with Gasteiger partial charge in [0.05, 0.1) is 18.4 Å². The summed E-state index contributed by atoms with van der Waals surface area (Å²) in [5.41, 5.74) is 2.51. The smallest absolute Gasteiger partial charge is 0.289 e. The minimum atomic E-state index is -0.0469. The Balaban J connectivity index is 1.21. The fourth-order valence-corrected chi connectivity index (χ4v) is 5.79. The summed E-state index contributed by atoms with van der Waals surface area (Å²) in [4.78, 5) is 22.2. The molecule has 7 nitrogen and oxygen atoms in total. The zero-order valence-electron chi connectivity index (χ0n) is 19.5. The average molecular weight is 477 g/mol. The van der Waals surface area contributed by atoms with Gasteiger partial charge in [-0.25, -0.2) is 4.98 Å². The van der Waals surface area contributed by atoms with Gasteiger partial charge >= 0.3 is 0 Å². The summed E-state index contributed by atoms with van der Waals surface area (Å²) < 4.78 is 11.3. The summed E-state index contributed by atoms with van der Waals surface area (Å²) in [6.45, 7) is 4.34. The van der Waals surface area contributed by atoms with Crippen LogP contribution in [0.2, 0.25) is 0 Å². The SMILES string of the molecule is COc1cccc2cc(C(=O)N3CCC4(CCN(Cc5ccc(C#N)c(SC)n5)C4)CC3)oc12. The molecule has 8 heteroatoms. The van der Waals surface area contributed by atoms with Crippen molar-refractivity contribution in [2.45, 2.75) is 30.8 Å². The van der Waals surface area contributed by atoms with Gasteiger partial charge in [0.25, 0.3) is 5.91 Å². The maximum Gasteiger partial charge on any atom is 0.289 e. The van der Waals surface area contributed by atoms with Gasteiger partial charge in [-0.15, -0.1) is 11.8 Å². The number of furan rings is 1. The highest BCUT2D eigenvalue weighted by atomic mass is 32.2. The number of pyridine rings is 1. The third kappa shape index (κ3) is 4.26. The van der Waals surface area contributed by atoms with Crippen molar-refractivity contribution in [2.75, 3.05) is 39.5 Å². The number of ether oxygens (including phenoxy) is 1. The van der Waals surface area contributed by atoms with Crippen molar-refractivity contribution < 1.29 is 13.9 Å². The summed E-state index contributed by atoms with van der Waals surface area (Å²) in [5, 5.41) is 10.9. The summed E-state index contributed by atoms with van der Waals surface area (Å²) in [6.07, 6.45) is 5.09. The van der Waals surface area contributed by atoms with E-state index in [2.05, 4.69) is 16.0 Å². The second kappa shape index (κ2) is 9.32. The monoisotopic (exact) mass is 476 g/mol. The van der Waals surface area contributed by atoms with Gasteiger partial charge in [0, 0.05) is 31.6 Å². The molecule has 1 spiro atoms. The summed E-state index contributed by atoms with van der Waals surface area (Å²) in [5.74, 6) is 0.968. The molecule has 2 aromatic heterocycles. The van der Waals surface area contributed by atoms with Gasteiger partial charge in [-0.1, -0.05) is 12.1 Å². The number of thioether (sulfide) groups is 1. The average Bonchev–Trinajstić information content (AvgIpc) is 3.48. The quantitative estimate of drug-likeness (QED) is 0.499. The Morgan fingerprint density at radius 2 is 2.03 bits per heavy atom. The van der Waals surface area contributed by atoms with Crippen LogP contribution in [0.5, 0.6) is 5.75 Å². The Morgan fingerprint density at radius 3 is 2.76 bits per heavy atom. The molecule has 2 aliphatic heterocycles. The molecule has 2 saturated heterocycles. The third-order valence-corrected chi connectivity index (χ3v) is 7.88. The van der Waals surface area contributed by atoms with E-state index in [4.69, 9.17) is 9.15 Å². The topological polar surface area (TPSA) is 82.6 Å². The lowest BCUT2D eigenvalue weighted by molar-refractivity contribution is 0.0560. The predicted molar refractivity (Wildman–Crippen MR) is 131 cm³/mol. The Hall–Kier alpha value is -3.02. The first-order chi connectivity index (χ1) is 16.5. The molecule has 34 heavy (non-hydrogen) atoms. The lowest BCUT2D eigenvalue weighted by atomic mass is 9.77. The maximum absolute atomic E-state index is 13.1. The normalized spacial score (nSPS) is 17.9. The van der Waals surface area contributed by atoms with Crippen molar-refractivity contribution >= 4 is 28.6 Å². The number of aromatic nitrogens is 1. The van der Waals surface area contributed by atoms with Gasteiger partial charge in [-0.3, -0.25) is 9.69 Å². The van der Waals surface area contributed by atoms with Crippen molar-refractivity contribution in [3.05, 3.63) is 53.4 Å². The van der Waals surface area contributed by atoms with Crippen LogP contribution in [0, 0.1) is 16.7 Å². The predicted octanol–water partition coefficient (Wildman–Crippen LogP) is 4.56. The van der Waals surface area contributed by atoms with Gasteiger partial charge in [-0.2, -0.15) is 5.26 Å². The molecular formula is C26H28N4O3S. The molecule has 5 rings (SSSR count). The second-order valence-electron chi connectivity index (χ2n) is 9.21. The van der Waals surface area contributed by atoms with Crippen molar-refractivity contribution in [3.8, 4) is 11.8 Å². The highest BCUT2D eigenvalue weighted by molar-refractivity contribution is 7.98. The fourth-order valence-electron chi connectivity index (χ4n) is 5.25. The van der Waals surface area contributed by atoms with Crippen LogP contribution in [-0.2, 0) is 6.54 Å². The van der Waals surface area contributed by atoms with Crippen LogP contribution < -0.4 is 4.74 Å². The third-order valence-electron chi connectivity index (χ3n) is 7.18. The number of nitriles is 1. The number of carbonyl (C=O) groups is 1. The number of para-hydroxylation sites is 1. The van der Waals surface area contributed by atoms with Crippen LogP contribution in [0.25, 0.3) is 11.0 Å². The number of piperidine rings is 1. The molecule has 4 heterocycles. The van der Waals surface area contributed by atoms with Crippen molar-refractivity contribution in [1.29, 1.82) is 5.26 Å². The Labute approximate surface area is 203 Å². The molecule has 0 bridgehead atoms. The molecule has 0 radical (unpaired) electrons. The fraction of sp³-hybridized carbons (Fsp3) is 0.423. The Morgan fingerprint density at radius 1 is 1.24 bits per heavy atom. The molecule has 3 aromatic rings. The molecule has 0 unspecified atom stereocenters. The molecule has 0 saturated carbocycles. The maximum atomic E-state index is 13.1. The van der Waals surface area contributed by atoms with E-state index in [1.165, 1.54) is 11.8 Å². The van der Waals surface area contributed by atoms with E-state index < -0.39 is 0 Å². The van der Waals surface area contributed by atoms with Gasteiger partial charge < -0.3 is 14.1 Å². The van der Waals surface area contributed by atoms with Crippen LogP contribution >= 0.6 is 11.8 Å². The second-order valence-corrected chi connectivity index (χ2v) is 10.0. The van der Waals surface area contributed by atoms with Crippen LogP contribution in [0.3, 0.4) is 0 Å². The van der Waals surface area contributed by atoms with E-state index in [1.54, 1.807) is 7.11 Å². The summed E-state index contributed by atoms with van der Waals surface area (Å²) >= 11 is 1.51. The molecule has 1 amide bonds. The number of hydrogen-bond donors (Lipinski definition) is 0. The number of rotatable bonds is 5. The molecule has 176 valence electrons. The van der Waals surface area contributed by atoms with Gasteiger partial charge in [-0.05, 0) is 61.7 Å². The number of hydrogen-bond acceptors (Lipinski definition) is 7. The first-order valence-corrected chi connectivity index (χ1v) is 12.8. The first kappa shape index (κ1) is 22.8. The van der Waals surface area contributed by atoms with Gasteiger partial charge in [0.2, 0.25) is 0 Å². The van der Waals surface area contributed by atoms with Crippen LogP contribution in [0.1, 0.15) is 41.1 Å². The zero-order chi connectivity index (χ0) is 23.7. The number of carbonyl (C=O) groups excluding carboxylic acids is 1. The van der Waals surface area contributed by atoms with Crippen molar-refractivity contribution in [2.24, 2.45) is 5.41 Å². The Kier molecular flexibility index (Phi) is 6.24. The van der Waals surface area contributed by atoms with Crippen molar-refractivity contribution in [3.63, 3.8) is 0 Å². The van der Waals surface area contributed by atoms with E-state index in [0.717, 1.165) is 68.1 Å². The standard InChI is InChI=1S/C26H28N4O3S/c1-32-21-5-3-4-18-14-22(33-23(18)21)25(31)30-12-9-26(10-13-30)8-11-29(17-26)16-20-7-6-19(15-27)24(28-20)34-2/h3-7,14H,8-13,16-17H2,1-2H3. The largest absolute Gasteiger partial charge is 0.493 e. The first-order valence-electron chi connectivity index (χ1n) is 11.6. The zero-order valence-corrected chi connectivity index (χ0v) is 20.4. The molecular weight excluding hydrogens is 448 g/mol. The number of fused-ring (bicyclic) bond motifs is 1. The Bertz CT molecular complexity index is 1260. The van der Waals surface area contributed by atoms with E-state index in [9.17, 15) is 10.1 Å². The van der Waals surface area contributed by atoms with E-state index in [1.807, 2.05) is 47.6 Å². The lowest BCUT2D eigenvalue weighted by Crippen LogP contribution is -2.44. The number of methoxy groups -OCH3 is 1. The molecule has 0 N–H and O–H groups in total. The molecule has 0 aliphatic carbocycles. The van der Waals surface area contributed by atoms with Crippen LogP contribution in [0.4, 0.5) is 0 Å². The number of nitrogens with zero attached hydrogens (tertiary/aromatic N) is 4. The highest BCUT2D eigenvalue weighted by Gasteiger charge is 2.41. The summed E-state index contributed by atoms with van der Waals surface area (Å²) in [6, 6.07) is 13.5. The number of likely N-dealkylation sites (tertiary alicyclic amines) is 2. The molecule has 0 atom stereocenters. The summed E-state index contributed by atoms with van der Waals surface area (Å²) in [7, 11) is 1.60. The molecule has 1 aromatic carbocycles. The van der Waals surface area contributed by atoms with Gasteiger partial charge in [0.15, 0.2) is 17.1 Å².